The normalized spacial score (nSPS) is 10.8. The summed E-state index contributed by atoms with van der Waals surface area (Å²) in [4.78, 5) is 24.4. The van der Waals surface area contributed by atoms with Gasteiger partial charge >= 0.3 is 0 Å². The van der Waals surface area contributed by atoms with Gasteiger partial charge < -0.3 is 9.88 Å². The lowest BCUT2D eigenvalue weighted by Gasteiger charge is -2.12. The van der Waals surface area contributed by atoms with E-state index in [0.717, 1.165) is 22.1 Å². The minimum atomic E-state index is -0.128. The van der Waals surface area contributed by atoms with Crippen LogP contribution < -0.4 is 10.7 Å². The van der Waals surface area contributed by atoms with E-state index in [1.807, 2.05) is 24.3 Å². The summed E-state index contributed by atoms with van der Waals surface area (Å²) >= 11 is 3.42. The van der Waals surface area contributed by atoms with Gasteiger partial charge in [-0.3, -0.25) is 9.59 Å². The lowest BCUT2D eigenvalue weighted by molar-refractivity contribution is -0.116. The molecule has 3 rings (SSSR count). The highest BCUT2D eigenvalue weighted by molar-refractivity contribution is 9.10. The number of hydrogen-bond donors (Lipinski definition) is 1. The molecular weight excluding hydrogens is 392 g/mol. The number of rotatable bonds is 6. The third-order valence-electron chi connectivity index (χ3n) is 4.31. The summed E-state index contributed by atoms with van der Waals surface area (Å²) < 4.78 is 2.65. The van der Waals surface area contributed by atoms with Gasteiger partial charge in [-0.05, 0) is 48.7 Å². The van der Waals surface area contributed by atoms with E-state index in [0.29, 0.717) is 5.39 Å². The van der Waals surface area contributed by atoms with Crippen LogP contribution in [0.5, 0.6) is 0 Å². The number of hydrogen-bond acceptors (Lipinski definition) is 2. The van der Waals surface area contributed by atoms with Crippen LogP contribution in [0.2, 0.25) is 0 Å². The Morgan fingerprint density at radius 2 is 1.88 bits per heavy atom. The Bertz CT molecular complexity index is 977. The SMILES string of the molecule is CCCCc1ccc(NC(=O)Cn2ccc(=O)c3ccc(Br)cc32)cc1. The zero-order chi connectivity index (χ0) is 18.5. The number of halogens is 1. The lowest BCUT2D eigenvalue weighted by atomic mass is 10.1. The average molecular weight is 413 g/mol. The number of nitrogens with zero attached hydrogens (tertiary/aromatic N) is 1. The van der Waals surface area contributed by atoms with E-state index < -0.39 is 0 Å². The summed E-state index contributed by atoms with van der Waals surface area (Å²) in [5.41, 5.74) is 2.74. The minimum Gasteiger partial charge on any atom is -0.338 e. The number of amides is 1. The molecule has 26 heavy (non-hydrogen) atoms. The number of benzene rings is 2. The van der Waals surface area contributed by atoms with Crippen molar-refractivity contribution in [2.75, 3.05) is 5.32 Å². The second kappa shape index (κ2) is 8.32. The second-order valence-corrected chi connectivity index (χ2v) is 7.23. The zero-order valence-electron chi connectivity index (χ0n) is 14.7. The van der Waals surface area contributed by atoms with Crippen molar-refractivity contribution in [3.63, 3.8) is 0 Å². The van der Waals surface area contributed by atoms with E-state index in [4.69, 9.17) is 0 Å². The number of nitrogens with one attached hydrogen (secondary N) is 1. The quantitative estimate of drug-likeness (QED) is 0.635. The van der Waals surface area contributed by atoms with Gasteiger partial charge in [0, 0.05) is 27.8 Å². The molecule has 0 aliphatic rings. The molecule has 0 fully saturated rings. The monoisotopic (exact) mass is 412 g/mol. The fraction of sp³-hybridized carbons (Fsp3) is 0.238. The summed E-state index contributed by atoms with van der Waals surface area (Å²) in [6.07, 6.45) is 5.05. The van der Waals surface area contributed by atoms with Gasteiger partial charge in [-0.15, -0.1) is 0 Å². The molecule has 0 unspecified atom stereocenters. The Kier molecular flexibility index (Phi) is 5.89. The van der Waals surface area contributed by atoms with Crippen LogP contribution in [0.1, 0.15) is 25.3 Å². The molecule has 0 aliphatic heterocycles. The van der Waals surface area contributed by atoms with Gasteiger partial charge in [-0.2, -0.15) is 0 Å². The second-order valence-electron chi connectivity index (χ2n) is 6.32. The van der Waals surface area contributed by atoms with Gasteiger partial charge in [0.05, 0.1) is 5.52 Å². The molecule has 0 saturated heterocycles. The van der Waals surface area contributed by atoms with Gasteiger partial charge in [0.15, 0.2) is 5.43 Å². The van der Waals surface area contributed by atoms with Crippen molar-refractivity contribution in [3.05, 3.63) is 75.0 Å². The molecule has 5 heteroatoms. The molecule has 4 nitrogen and oxygen atoms in total. The Hall–Kier alpha value is -2.40. The van der Waals surface area contributed by atoms with Gasteiger partial charge in [0.1, 0.15) is 6.54 Å². The molecule has 0 saturated carbocycles. The number of aryl methyl sites for hydroxylation is 1. The predicted molar refractivity (Wildman–Crippen MR) is 110 cm³/mol. The van der Waals surface area contributed by atoms with Crippen LogP contribution in [0.15, 0.2) is 64.0 Å². The molecule has 0 aliphatic carbocycles. The smallest absolute Gasteiger partial charge is 0.244 e. The Labute approximate surface area is 161 Å². The zero-order valence-corrected chi connectivity index (χ0v) is 16.3. The molecule has 1 N–H and O–H groups in total. The summed E-state index contributed by atoms with van der Waals surface area (Å²) in [6.45, 7) is 2.32. The summed E-state index contributed by atoms with van der Waals surface area (Å²) in [6, 6.07) is 14.9. The molecule has 1 aromatic heterocycles. The number of aromatic nitrogens is 1. The Morgan fingerprint density at radius 3 is 2.62 bits per heavy atom. The molecule has 134 valence electrons. The van der Waals surface area contributed by atoms with Crippen LogP contribution in [0.3, 0.4) is 0 Å². The van der Waals surface area contributed by atoms with Crippen LogP contribution in [0.4, 0.5) is 5.69 Å². The largest absolute Gasteiger partial charge is 0.338 e. The van der Waals surface area contributed by atoms with Gasteiger partial charge in [0.2, 0.25) is 5.91 Å². The molecule has 1 amide bonds. The summed E-state index contributed by atoms with van der Waals surface area (Å²) in [7, 11) is 0. The van der Waals surface area contributed by atoms with Crippen molar-refractivity contribution in [2.45, 2.75) is 32.7 Å². The molecule has 1 heterocycles. The summed E-state index contributed by atoms with van der Waals surface area (Å²) in [5, 5.41) is 3.52. The van der Waals surface area contributed by atoms with Crippen molar-refractivity contribution >= 4 is 38.4 Å². The summed E-state index contributed by atoms with van der Waals surface area (Å²) in [5.74, 6) is -0.128. The highest BCUT2D eigenvalue weighted by Crippen LogP contribution is 2.18. The maximum atomic E-state index is 12.4. The van der Waals surface area contributed by atoms with Crippen LogP contribution in [-0.4, -0.2) is 10.5 Å². The van der Waals surface area contributed by atoms with E-state index in [1.54, 1.807) is 16.8 Å². The van der Waals surface area contributed by atoms with Crippen molar-refractivity contribution in [3.8, 4) is 0 Å². The van der Waals surface area contributed by atoms with Crippen LogP contribution in [-0.2, 0) is 17.8 Å². The number of anilines is 1. The predicted octanol–water partition coefficient (Wildman–Crippen LogP) is 4.75. The lowest BCUT2D eigenvalue weighted by Crippen LogP contribution is -2.20. The first-order chi connectivity index (χ1) is 12.6. The van der Waals surface area contributed by atoms with E-state index in [9.17, 15) is 9.59 Å². The van der Waals surface area contributed by atoms with Gasteiger partial charge in [0.25, 0.3) is 0 Å². The molecule has 0 atom stereocenters. The first-order valence-corrected chi connectivity index (χ1v) is 9.53. The molecule has 3 aromatic rings. The van der Waals surface area contributed by atoms with E-state index in [2.05, 4.69) is 40.3 Å². The molecule has 2 aromatic carbocycles. The minimum absolute atomic E-state index is 0.0492. The fourth-order valence-corrected chi connectivity index (χ4v) is 3.26. The molecule has 0 bridgehead atoms. The van der Waals surface area contributed by atoms with Crippen molar-refractivity contribution in [2.24, 2.45) is 0 Å². The molecular formula is C21H21BrN2O2. The maximum absolute atomic E-state index is 12.4. The standard InChI is InChI=1S/C21H21BrN2O2/c1-2-3-4-15-5-8-17(9-6-15)23-21(26)14-24-12-11-20(25)18-10-7-16(22)13-19(18)24/h5-13H,2-4,14H2,1H3,(H,23,26). The van der Waals surface area contributed by atoms with Crippen LogP contribution in [0.25, 0.3) is 10.9 Å². The van der Waals surface area contributed by atoms with E-state index in [-0.39, 0.29) is 17.9 Å². The van der Waals surface area contributed by atoms with Gasteiger partial charge in [-0.25, -0.2) is 0 Å². The molecule has 0 spiro atoms. The topological polar surface area (TPSA) is 51.1 Å². The number of fused-ring (bicyclic) bond motifs is 1. The number of unbranched alkanes of at least 4 members (excludes halogenated alkanes) is 1. The van der Waals surface area contributed by atoms with Crippen molar-refractivity contribution < 1.29 is 4.79 Å². The van der Waals surface area contributed by atoms with Crippen molar-refractivity contribution in [1.82, 2.24) is 4.57 Å². The molecule has 0 radical (unpaired) electrons. The van der Waals surface area contributed by atoms with Crippen molar-refractivity contribution in [1.29, 1.82) is 0 Å². The average Bonchev–Trinajstić information content (AvgIpc) is 2.63. The van der Waals surface area contributed by atoms with Crippen LogP contribution >= 0.6 is 15.9 Å². The first-order valence-electron chi connectivity index (χ1n) is 8.74. The third-order valence-corrected chi connectivity index (χ3v) is 4.80. The Balaban J connectivity index is 1.74. The number of carbonyl (C=O) groups excluding carboxylic acids is 1. The first kappa shape index (κ1) is 18.4. The highest BCUT2D eigenvalue weighted by atomic mass is 79.9. The maximum Gasteiger partial charge on any atom is 0.244 e. The van der Waals surface area contributed by atoms with Gasteiger partial charge in [-0.1, -0.05) is 41.4 Å². The number of carbonyl (C=O) groups is 1. The van der Waals surface area contributed by atoms with E-state index in [1.165, 1.54) is 24.5 Å². The van der Waals surface area contributed by atoms with Crippen LogP contribution in [0, 0.1) is 0 Å². The highest BCUT2D eigenvalue weighted by Gasteiger charge is 2.08. The third kappa shape index (κ3) is 4.41. The number of pyridine rings is 1. The Morgan fingerprint density at radius 1 is 1.12 bits per heavy atom. The fourth-order valence-electron chi connectivity index (χ4n) is 2.91. The van der Waals surface area contributed by atoms with E-state index >= 15 is 0 Å².